The van der Waals surface area contributed by atoms with E-state index < -0.39 is 6.36 Å². The summed E-state index contributed by atoms with van der Waals surface area (Å²) in [5, 5.41) is 3.31. The molecule has 2 saturated heterocycles. The van der Waals surface area contributed by atoms with Crippen LogP contribution in [0.2, 0.25) is 0 Å². The van der Waals surface area contributed by atoms with Gasteiger partial charge in [0.05, 0.1) is 6.04 Å². The minimum atomic E-state index is -4.72. The second kappa shape index (κ2) is 7.86. The standard InChI is InChI=1S/C24H25F3N2O2/c25-24(26,27)31-19-3-1-2-16(12-19)17-4-5-20-18-8-11-29(22(14-18)21(20)13-17)23(30)15-6-9-28-10-7-15/h1-5,12-13,15,18,22,28H,6-11,14H2/t18-,22?/m0/s1. The van der Waals surface area contributed by atoms with Crippen LogP contribution in [-0.4, -0.2) is 36.8 Å². The number of piperidine rings is 2. The van der Waals surface area contributed by atoms with Crippen LogP contribution in [0.1, 0.15) is 48.8 Å². The number of hydrogen-bond acceptors (Lipinski definition) is 3. The largest absolute Gasteiger partial charge is 0.573 e. The van der Waals surface area contributed by atoms with Gasteiger partial charge in [-0.3, -0.25) is 4.79 Å². The third-order valence-corrected chi connectivity index (χ3v) is 6.86. The van der Waals surface area contributed by atoms with E-state index in [1.54, 1.807) is 12.1 Å². The van der Waals surface area contributed by atoms with Crippen LogP contribution in [0.15, 0.2) is 42.5 Å². The maximum Gasteiger partial charge on any atom is 0.573 e. The van der Waals surface area contributed by atoms with E-state index in [2.05, 4.69) is 27.1 Å². The Morgan fingerprint density at radius 3 is 2.55 bits per heavy atom. The highest BCUT2D eigenvalue weighted by Gasteiger charge is 2.42. The summed E-state index contributed by atoms with van der Waals surface area (Å²) in [5.41, 5.74) is 3.93. The summed E-state index contributed by atoms with van der Waals surface area (Å²) >= 11 is 0. The van der Waals surface area contributed by atoms with Crippen molar-refractivity contribution in [2.45, 2.75) is 44.0 Å². The van der Waals surface area contributed by atoms with E-state index in [9.17, 15) is 18.0 Å². The molecule has 3 aliphatic rings. The fourth-order valence-electron chi connectivity index (χ4n) is 5.40. The Morgan fingerprint density at radius 1 is 1.00 bits per heavy atom. The molecule has 2 aliphatic heterocycles. The first kappa shape index (κ1) is 20.4. The van der Waals surface area contributed by atoms with E-state index >= 15 is 0 Å². The molecule has 0 radical (unpaired) electrons. The molecule has 31 heavy (non-hydrogen) atoms. The number of alkyl halides is 3. The number of hydrogen-bond donors (Lipinski definition) is 1. The van der Waals surface area contributed by atoms with E-state index in [-0.39, 0.29) is 23.6 Å². The minimum Gasteiger partial charge on any atom is -0.406 e. The van der Waals surface area contributed by atoms with Gasteiger partial charge in [0.25, 0.3) is 0 Å². The van der Waals surface area contributed by atoms with E-state index in [0.717, 1.165) is 56.4 Å². The first-order chi connectivity index (χ1) is 14.9. The fourth-order valence-corrected chi connectivity index (χ4v) is 5.40. The van der Waals surface area contributed by atoms with Gasteiger partial charge in [0.1, 0.15) is 5.75 Å². The molecule has 1 aliphatic carbocycles. The van der Waals surface area contributed by atoms with Gasteiger partial charge in [0.15, 0.2) is 0 Å². The second-order valence-corrected chi connectivity index (χ2v) is 8.71. The number of nitrogens with one attached hydrogen (secondary N) is 1. The zero-order valence-electron chi connectivity index (χ0n) is 17.1. The zero-order chi connectivity index (χ0) is 21.6. The Labute approximate surface area is 179 Å². The quantitative estimate of drug-likeness (QED) is 0.744. The van der Waals surface area contributed by atoms with Crippen LogP contribution in [0.5, 0.6) is 5.75 Å². The first-order valence-corrected chi connectivity index (χ1v) is 10.9. The number of amides is 1. The van der Waals surface area contributed by atoms with Crippen LogP contribution >= 0.6 is 0 Å². The molecule has 2 fully saturated rings. The van der Waals surface area contributed by atoms with Crippen molar-refractivity contribution in [2.75, 3.05) is 19.6 Å². The molecule has 4 nitrogen and oxygen atoms in total. The Balaban J connectivity index is 1.43. The summed E-state index contributed by atoms with van der Waals surface area (Å²) in [5.74, 6) is 0.558. The zero-order valence-corrected chi connectivity index (χ0v) is 17.1. The van der Waals surface area contributed by atoms with Gasteiger partial charge < -0.3 is 15.0 Å². The average molecular weight is 430 g/mol. The van der Waals surface area contributed by atoms with Crippen molar-refractivity contribution < 1.29 is 22.7 Å². The number of fused-ring (bicyclic) bond motifs is 5. The number of carbonyl (C=O) groups is 1. The highest BCUT2D eigenvalue weighted by Crippen LogP contribution is 2.50. The minimum absolute atomic E-state index is 0.0608. The molecule has 2 aromatic carbocycles. The summed E-state index contributed by atoms with van der Waals surface area (Å²) < 4.78 is 41.9. The maximum absolute atomic E-state index is 13.3. The third kappa shape index (κ3) is 4.03. The van der Waals surface area contributed by atoms with Gasteiger partial charge in [0.2, 0.25) is 5.91 Å². The molecule has 0 saturated carbocycles. The molecular formula is C24H25F3N2O2. The van der Waals surface area contributed by atoms with Crippen molar-refractivity contribution >= 4 is 5.91 Å². The molecule has 1 unspecified atom stereocenters. The van der Waals surface area contributed by atoms with E-state index in [1.807, 2.05) is 6.07 Å². The van der Waals surface area contributed by atoms with Gasteiger partial charge in [-0.2, -0.15) is 0 Å². The molecule has 0 spiro atoms. The molecule has 5 rings (SSSR count). The molecule has 2 aromatic rings. The summed E-state index contributed by atoms with van der Waals surface area (Å²) in [7, 11) is 0. The van der Waals surface area contributed by atoms with Crippen LogP contribution < -0.4 is 10.1 Å². The van der Waals surface area contributed by atoms with Crippen LogP contribution in [0.25, 0.3) is 11.1 Å². The molecule has 1 amide bonds. The van der Waals surface area contributed by atoms with Crippen molar-refractivity contribution in [1.82, 2.24) is 10.2 Å². The van der Waals surface area contributed by atoms with Gasteiger partial charge in [-0.1, -0.05) is 24.3 Å². The molecule has 7 heteroatoms. The molecular weight excluding hydrogens is 405 g/mol. The van der Waals surface area contributed by atoms with E-state index in [0.29, 0.717) is 11.5 Å². The number of carbonyl (C=O) groups excluding carboxylic acids is 1. The van der Waals surface area contributed by atoms with Gasteiger partial charge in [-0.15, -0.1) is 13.2 Å². The first-order valence-electron chi connectivity index (χ1n) is 10.9. The molecule has 1 N–H and O–H groups in total. The normalized spacial score (nSPS) is 23.5. The Bertz CT molecular complexity index is 985. The summed E-state index contributed by atoms with van der Waals surface area (Å²) in [6.45, 7) is 2.54. The lowest BCUT2D eigenvalue weighted by Crippen LogP contribution is -2.44. The maximum atomic E-state index is 13.3. The molecule has 0 aromatic heterocycles. The SMILES string of the molecule is O=C(C1CCNCC1)N1CC[C@H]2CC1c1cc(-c3cccc(OC(F)(F)F)c3)ccc12. The second-order valence-electron chi connectivity index (χ2n) is 8.71. The Morgan fingerprint density at radius 2 is 1.77 bits per heavy atom. The van der Waals surface area contributed by atoms with Crippen molar-refractivity contribution in [3.8, 4) is 16.9 Å². The lowest BCUT2D eigenvalue weighted by molar-refractivity contribution is -0.274. The van der Waals surface area contributed by atoms with Crippen LogP contribution in [-0.2, 0) is 4.79 Å². The number of benzene rings is 2. The van der Waals surface area contributed by atoms with E-state index in [4.69, 9.17) is 0 Å². The number of halogens is 3. The third-order valence-electron chi connectivity index (χ3n) is 6.86. The van der Waals surface area contributed by atoms with Gasteiger partial charge >= 0.3 is 6.36 Å². The smallest absolute Gasteiger partial charge is 0.406 e. The molecule has 2 heterocycles. The Kier molecular flexibility index (Phi) is 5.16. The lowest BCUT2D eigenvalue weighted by Gasteiger charge is -2.37. The highest BCUT2D eigenvalue weighted by atomic mass is 19.4. The van der Waals surface area contributed by atoms with Crippen LogP contribution in [0.3, 0.4) is 0 Å². The van der Waals surface area contributed by atoms with Crippen LogP contribution in [0, 0.1) is 5.92 Å². The lowest BCUT2D eigenvalue weighted by atomic mass is 9.92. The Hall–Kier alpha value is -2.54. The highest BCUT2D eigenvalue weighted by molar-refractivity contribution is 5.80. The van der Waals surface area contributed by atoms with Gasteiger partial charge in [-0.25, -0.2) is 0 Å². The number of ether oxygens (including phenoxy) is 1. The average Bonchev–Trinajstić information content (AvgIpc) is 3.04. The monoisotopic (exact) mass is 430 g/mol. The van der Waals surface area contributed by atoms with Crippen molar-refractivity contribution in [3.63, 3.8) is 0 Å². The number of rotatable bonds is 3. The summed E-state index contributed by atoms with van der Waals surface area (Å²) in [6.07, 6.45) is -1.06. The summed E-state index contributed by atoms with van der Waals surface area (Å²) in [4.78, 5) is 15.3. The predicted molar refractivity (Wildman–Crippen MR) is 111 cm³/mol. The van der Waals surface area contributed by atoms with Gasteiger partial charge in [0, 0.05) is 12.5 Å². The molecule has 2 bridgehead atoms. The van der Waals surface area contributed by atoms with E-state index in [1.165, 1.54) is 17.7 Å². The van der Waals surface area contributed by atoms with Crippen LogP contribution in [0.4, 0.5) is 13.2 Å². The van der Waals surface area contributed by atoms with Gasteiger partial charge in [-0.05, 0) is 85.1 Å². The fraction of sp³-hybridized carbons (Fsp3) is 0.458. The van der Waals surface area contributed by atoms with Crippen molar-refractivity contribution in [3.05, 3.63) is 53.6 Å². The number of nitrogens with zero attached hydrogens (tertiary/aromatic N) is 1. The van der Waals surface area contributed by atoms with Crippen molar-refractivity contribution in [1.29, 1.82) is 0 Å². The topological polar surface area (TPSA) is 41.6 Å². The van der Waals surface area contributed by atoms with Crippen molar-refractivity contribution in [2.24, 2.45) is 5.92 Å². The predicted octanol–water partition coefficient (Wildman–Crippen LogP) is 5.01. The molecule has 164 valence electrons. The summed E-state index contributed by atoms with van der Waals surface area (Å²) in [6, 6.07) is 12.2. The molecule has 2 atom stereocenters. The number of likely N-dealkylation sites (tertiary alicyclic amines) is 1.